The molecule has 2 aliphatic heterocycles. The number of para-hydroxylation sites is 1. The Morgan fingerprint density at radius 3 is 2.73 bits per heavy atom. The zero-order chi connectivity index (χ0) is 17.9. The topological polar surface area (TPSA) is 41.5 Å². The summed E-state index contributed by atoms with van der Waals surface area (Å²) in [5.74, 6) is 1.49. The lowest BCUT2D eigenvalue weighted by Gasteiger charge is -2.46. The van der Waals surface area contributed by atoms with E-state index in [1.807, 2.05) is 24.3 Å². The van der Waals surface area contributed by atoms with E-state index in [0.717, 1.165) is 44.8 Å². The van der Waals surface area contributed by atoms with Gasteiger partial charge >= 0.3 is 0 Å². The highest BCUT2D eigenvalue weighted by Crippen LogP contribution is 2.28. The molecular formula is C19H22ClFN4O. The third-order valence-electron chi connectivity index (χ3n) is 5.21. The number of halogens is 2. The predicted molar refractivity (Wildman–Crippen MR) is 99.2 cm³/mol. The fourth-order valence-electron chi connectivity index (χ4n) is 3.81. The molecule has 26 heavy (non-hydrogen) atoms. The van der Waals surface area contributed by atoms with E-state index in [-0.39, 0.29) is 0 Å². The summed E-state index contributed by atoms with van der Waals surface area (Å²) in [7, 11) is 0. The Morgan fingerprint density at radius 2 is 1.92 bits per heavy atom. The van der Waals surface area contributed by atoms with E-state index in [9.17, 15) is 4.39 Å². The van der Waals surface area contributed by atoms with E-state index in [2.05, 4.69) is 19.8 Å². The lowest BCUT2D eigenvalue weighted by atomic mass is 9.91. The van der Waals surface area contributed by atoms with Gasteiger partial charge in [-0.05, 0) is 25.0 Å². The molecule has 1 aromatic heterocycles. The van der Waals surface area contributed by atoms with E-state index < -0.39 is 5.82 Å². The minimum atomic E-state index is -0.397. The van der Waals surface area contributed by atoms with Crippen LogP contribution in [0, 0.1) is 11.7 Å². The molecule has 0 saturated carbocycles. The Labute approximate surface area is 157 Å². The maximum absolute atomic E-state index is 13.0. The van der Waals surface area contributed by atoms with E-state index in [0.29, 0.717) is 29.5 Å². The van der Waals surface area contributed by atoms with Gasteiger partial charge in [-0.25, -0.2) is 14.4 Å². The van der Waals surface area contributed by atoms with Crippen LogP contribution in [0.1, 0.15) is 12.8 Å². The normalized spacial score (nSPS) is 23.5. The average Bonchev–Trinajstić information content (AvgIpc) is 2.67. The third-order valence-corrected chi connectivity index (χ3v) is 5.52. The van der Waals surface area contributed by atoms with Crippen LogP contribution in [0.5, 0.6) is 5.75 Å². The largest absolute Gasteiger partial charge is 0.492 e. The van der Waals surface area contributed by atoms with Crippen LogP contribution in [0.15, 0.2) is 36.7 Å². The number of ether oxygens (including phenoxy) is 1. The summed E-state index contributed by atoms with van der Waals surface area (Å²) < 4.78 is 18.9. The van der Waals surface area contributed by atoms with Crippen LogP contribution in [0.4, 0.5) is 10.3 Å². The van der Waals surface area contributed by atoms with Crippen molar-refractivity contribution in [3.05, 3.63) is 47.5 Å². The number of benzene rings is 1. The first kappa shape index (κ1) is 17.5. The molecule has 2 aliphatic rings. The maximum atomic E-state index is 13.0. The van der Waals surface area contributed by atoms with Crippen molar-refractivity contribution in [1.82, 2.24) is 14.9 Å². The summed E-state index contributed by atoms with van der Waals surface area (Å²) in [5, 5.41) is 0.661. The molecule has 2 saturated heterocycles. The number of piperazine rings is 1. The Morgan fingerprint density at radius 1 is 1.12 bits per heavy atom. The van der Waals surface area contributed by atoms with Crippen molar-refractivity contribution in [2.24, 2.45) is 5.92 Å². The summed E-state index contributed by atoms with van der Waals surface area (Å²) in [5.41, 5.74) is 0. The van der Waals surface area contributed by atoms with Gasteiger partial charge in [0.25, 0.3) is 0 Å². The van der Waals surface area contributed by atoms with Crippen LogP contribution in [-0.4, -0.2) is 53.7 Å². The highest BCUT2D eigenvalue weighted by atomic mass is 35.5. The summed E-state index contributed by atoms with van der Waals surface area (Å²) in [4.78, 5) is 12.9. The Hall–Kier alpha value is -1.92. The minimum Gasteiger partial charge on any atom is -0.492 e. The van der Waals surface area contributed by atoms with Gasteiger partial charge in [-0.2, -0.15) is 0 Å². The molecule has 138 valence electrons. The Kier molecular flexibility index (Phi) is 5.22. The van der Waals surface area contributed by atoms with Crippen molar-refractivity contribution < 1.29 is 9.13 Å². The van der Waals surface area contributed by atoms with Gasteiger partial charge in [0.05, 0.1) is 24.0 Å². The zero-order valence-corrected chi connectivity index (χ0v) is 15.3. The Balaban J connectivity index is 1.31. The van der Waals surface area contributed by atoms with Crippen LogP contribution in [0.25, 0.3) is 0 Å². The van der Waals surface area contributed by atoms with Crippen LogP contribution in [0.2, 0.25) is 5.02 Å². The molecule has 0 spiro atoms. The zero-order valence-electron chi connectivity index (χ0n) is 14.5. The number of fused-ring (bicyclic) bond motifs is 1. The number of rotatable bonds is 4. The molecule has 2 atom stereocenters. The minimum absolute atomic E-state index is 0.397. The van der Waals surface area contributed by atoms with Crippen LogP contribution in [-0.2, 0) is 0 Å². The van der Waals surface area contributed by atoms with Crippen molar-refractivity contribution in [3.63, 3.8) is 0 Å². The lowest BCUT2D eigenvalue weighted by Crippen LogP contribution is -2.57. The van der Waals surface area contributed by atoms with Crippen molar-refractivity contribution in [1.29, 1.82) is 0 Å². The predicted octanol–water partition coefficient (Wildman–Crippen LogP) is 3.25. The van der Waals surface area contributed by atoms with E-state index in [1.165, 1.54) is 12.4 Å². The van der Waals surface area contributed by atoms with Crippen LogP contribution in [0.3, 0.4) is 0 Å². The second kappa shape index (κ2) is 7.76. The molecule has 0 bridgehead atoms. The molecular weight excluding hydrogens is 355 g/mol. The second-order valence-electron chi connectivity index (χ2n) is 6.98. The van der Waals surface area contributed by atoms with Gasteiger partial charge in [0.15, 0.2) is 5.82 Å². The van der Waals surface area contributed by atoms with Crippen molar-refractivity contribution >= 4 is 17.5 Å². The van der Waals surface area contributed by atoms with Gasteiger partial charge in [0.2, 0.25) is 5.95 Å². The van der Waals surface area contributed by atoms with Gasteiger partial charge in [-0.15, -0.1) is 0 Å². The molecule has 0 aliphatic carbocycles. The molecule has 4 rings (SSSR count). The SMILES string of the molecule is Fc1cnc(N2CCN3C[C@@H](COc4ccccc4Cl)CC[C@H]3C2)nc1. The molecule has 0 radical (unpaired) electrons. The quantitative estimate of drug-likeness (QED) is 0.819. The Bertz CT molecular complexity index is 745. The molecule has 3 heterocycles. The monoisotopic (exact) mass is 376 g/mol. The van der Waals surface area contributed by atoms with Crippen molar-refractivity contribution in [3.8, 4) is 5.75 Å². The average molecular weight is 377 g/mol. The van der Waals surface area contributed by atoms with Crippen LogP contribution < -0.4 is 9.64 Å². The first-order valence-corrected chi connectivity index (χ1v) is 9.40. The standard InChI is InChI=1S/C19H22ClFN4O/c20-17-3-1-2-4-18(17)26-13-14-5-6-16-12-25(8-7-24(16)11-14)19-22-9-15(21)10-23-19/h1-4,9-10,14,16H,5-8,11-13H2/t14-,16-/m0/s1. The smallest absolute Gasteiger partial charge is 0.225 e. The number of aromatic nitrogens is 2. The van der Waals surface area contributed by atoms with Crippen LogP contribution >= 0.6 is 11.6 Å². The fourth-order valence-corrected chi connectivity index (χ4v) is 4.00. The molecule has 0 amide bonds. The highest BCUT2D eigenvalue weighted by molar-refractivity contribution is 6.32. The van der Waals surface area contributed by atoms with Gasteiger partial charge in [-0.1, -0.05) is 23.7 Å². The first-order valence-electron chi connectivity index (χ1n) is 9.03. The molecule has 5 nitrogen and oxygen atoms in total. The van der Waals surface area contributed by atoms with E-state index in [4.69, 9.17) is 16.3 Å². The molecule has 2 aromatic rings. The van der Waals surface area contributed by atoms with E-state index >= 15 is 0 Å². The van der Waals surface area contributed by atoms with Gasteiger partial charge in [0, 0.05) is 38.1 Å². The third kappa shape index (κ3) is 3.91. The number of piperidine rings is 1. The van der Waals surface area contributed by atoms with Gasteiger partial charge in [0.1, 0.15) is 5.75 Å². The fraction of sp³-hybridized carbons (Fsp3) is 0.474. The molecule has 0 unspecified atom stereocenters. The van der Waals surface area contributed by atoms with Gasteiger partial charge < -0.3 is 9.64 Å². The second-order valence-corrected chi connectivity index (χ2v) is 7.39. The molecule has 1 aromatic carbocycles. The first-order chi connectivity index (χ1) is 12.7. The number of hydrogen-bond acceptors (Lipinski definition) is 5. The molecule has 0 N–H and O–H groups in total. The summed E-state index contributed by atoms with van der Waals surface area (Å²) in [6, 6.07) is 8.11. The lowest BCUT2D eigenvalue weighted by molar-refractivity contribution is 0.0726. The molecule has 2 fully saturated rings. The maximum Gasteiger partial charge on any atom is 0.225 e. The highest BCUT2D eigenvalue weighted by Gasteiger charge is 2.33. The summed E-state index contributed by atoms with van der Waals surface area (Å²) >= 11 is 6.16. The number of nitrogens with zero attached hydrogens (tertiary/aromatic N) is 4. The van der Waals surface area contributed by atoms with Gasteiger partial charge in [-0.3, -0.25) is 4.90 Å². The number of anilines is 1. The summed E-state index contributed by atoms with van der Waals surface area (Å²) in [6.45, 7) is 4.45. The van der Waals surface area contributed by atoms with Crippen molar-refractivity contribution in [2.45, 2.75) is 18.9 Å². The van der Waals surface area contributed by atoms with Crippen molar-refractivity contribution in [2.75, 3.05) is 37.7 Å². The molecule has 7 heteroatoms. The number of hydrogen-bond donors (Lipinski definition) is 0. The summed E-state index contributed by atoms with van der Waals surface area (Å²) in [6.07, 6.45) is 4.72. The van der Waals surface area contributed by atoms with E-state index in [1.54, 1.807) is 0 Å².